The molecule has 0 aliphatic carbocycles. The SMILES string of the molecule is CS(F)(F)F.N. The third kappa shape index (κ3) is 3940. The van der Waals surface area contributed by atoms with Crippen LogP contribution in [-0.4, -0.2) is 6.26 Å². The van der Waals surface area contributed by atoms with Gasteiger partial charge in [0.25, 0.3) is 0 Å². The van der Waals surface area contributed by atoms with E-state index < -0.39 is 11.2 Å². The molecule has 0 amide bonds. The highest BCUT2D eigenvalue weighted by Gasteiger charge is 2.07. The summed E-state index contributed by atoms with van der Waals surface area (Å²) in [5.41, 5.74) is 0. The van der Waals surface area contributed by atoms with E-state index in [0.717, 1.165) is 0 Å². The Labute approximate surface area is 36.3 Å². The van der Waals surface area contributed by atoms with Crippen molar-refractivity contribution in [3.05, 3.63) is 0 Å². The summed E-state index contributed by atoms with van der Waals surface area (Å²) in [6.07, 6.45) is 0.271. The van der Waals surface area contributed by atoms with Gasteiger partial charge in [0.15, 0.2) is 0 Å². The van der Waals surface area contributed by atoms with Gasteiger partial charge in [-0.2, -0.15) is 0 Å². The Balaban J connectivity index is 0. The summed E-state index contributed by atoms with van der Waals surface area (Å²) in [5, 5.41) is 0. The van der Waals surface area contributed by atoms with Crippen molar-refractivity contribution >= 4 is 11.2 Å². The average molecular weight is 121 g/mol. The lowest BCUT2D eigenvalue weighted by Gasteiger charge is -1.94. The fourth-order valence-corrected chi connectivity index (χ4v) is 0. The Bertz CT molecular complexity index is 26.3. The van der Waals surface area contributed by atoms with Crippen LogP contribution in [0.2, 0.25) is 0 Å². The Kier molecular flexibility index (Phi) is 3.62. The first-order chi connectivity index (χ1) is 2.00. The summed E-state index contributed by atoms with van der Waals surface area (Å²) < 4.78 is 31.3. The van der Waals surface area contributed by atoms with Gasteiger partial charge in [-0.05, 0) is 0 Å². The standard InChI is InChI=1S/CH3F3S.H3N/c1-5(2,3)4;/h1H3;1H3. The molecule has 0 radical (unpaired) electrons. The highest BCUT2D eigenvalue weighted by molar-refractivity contribution is 8.20. The molecule has 0 saturated heterocycles. The second-order valence-electron chi connectivity index (χ2n) is 0.638. The molecule has 0 fully saturated rings. The number of rotatable bonds is 0. The molecule has 5 heteroatoms. The Morgan fingerprint density at radius 3 is 1.17 bits per heavy atom. The van der Waals surface area contributed by atoms with E-state index in [2.05, 4.69) is 0 Å². The fraction of sp³-hybridized carbons (Fsp3) is 1.00. The highest BCUT2D eigenvalue weighted by Crippen LogP contribution is 2.48. The Morgan fingerprint density at radius 2 is 1.17 bits per heavy atom. The molecule has 0 bridgehead atoms. The maximum Gasteiger partial charge on any atom is 0.206 e. The van der Waals surface area contributed by atoms with Gasteiger partial charge in [0, 0.05) is 6.26 Å². The first-order valence-corrected chi connectivity index (χ1v) is 2.61. The van der Waals surface area contributed by atoms with E-state index in [1.165, 1.54) is 0 Å². The first kappa shape index (κ1) is 9.44. The van der Waals surface area contributed by atoms with Crippen LogP contribution in [0, 0.1) is 0 Å². The van der Waals surface area contributed by atoms with Gasteiger partial charge < -0.3 is 6.15 Å². The number of hydrogen-bond acceptors (Lipinski definition) is 1. The van der Waals surface area contributed by atoms with Gasteiger partial charge in [0.05, 0.1) is 0 Å². The minimum atomic E-state index is -4.67. The van der Waals surface area contributed by atoms with Crippen molar-refractivity contribution in [2.45, 2.75) is 0 Å². The minimum Gasteiger partial charge on any atom is -0.344 e. The lowest BCUT2D eigenvalue weighted by Crippen LogP contribution is -1.58. The molecule has 42 valence electrons. The van der Waals surface area contributed by atoms with E-state index in [1.54, 1.807) is 0 Å². The largest absolute Gasteiger partial charge is 0.344 e. The van der Waals surface area contributed by atoms with Gasteiger partial charge in [0.1, 0.15) is 0 Å². The van der Waals surface area contributed by atoms with Crippen LogP contribution in [0.3, 0.4) is 0 Å². The van der Waals surface area contributed by atoms with Crippen LogP contribution in [-0.2, 0) is 0 Å². The summed E-state index contributed by atoms with van der Waals surface area (Å²) in [7, 11) is 0. The molecule has 0 aromatic heterocycles. The van der Waals surface area contributed by atoms with Crippen LogP contribution < -0.4 is 6.15 Å². The van der Waals surface area contributed by atoms with Crippen molar-refractivity contribution in [1.82, 2.24) is 6.15 Å². The zero-order valence-electron chi connectivity index (χ0n) is 3.25. The van der Waals surface area contributed by atoms with Crippen LogP contribution in [0.4, 0.5) is 11.7 Å². The van der Waals surface area contributed by atoms with E-state index >= 15 is 0 Å². The second kappa shape index (κ2) is 2.30. The van der Waals surface area contributed by atoms with Crippen LogP contribution in [0.1, 0.15) is 0 Å². The van der Waals surface area contributed by atoms with Crippen LogP contribution >= 0.6 is 11.2 Å². The lowest BCUT2D eigenvalue weighted by molar-refractivity contribution is 0.647. The number of hydrogen-bond donors (Lipinski definition) is 1. The van der Waals surface area contributed by atoms with Crippen molar-refractivity contribution in [3.8, 4) is 0 Å². The summed E-state index contributed by atoms with van der Waals surface area (Å²) >= 11 is -4.67. The first-order valence-electron chi connectivity index (χ1n) is 0.871. The van der Waals surface area contributed by atoms with Crippen molar-refractivity contribution in [2.75, 3.05) is 6.26 Å². The predicted octanol–water partition coefficient (Wildman–Crippen LogP) is 2.24. The summed E-state index contributed by atoms with van der Waals surface area (Å²) in [4.78, 5) is 0. The van der Waals surface area contributed by atoms with Crippen molar-refractivity contribution in [3.63, 3.8) is 0 Å². The van der Waals surface area contributed by atoms with Gasteiger partial charge in [-0.1, -0.05) is 0 Å². The van der Waals surface area contributed by atoms with E-state index in [4.69, 9.17) is 0 Å². The van der Waals surface area contributed by atoms with E-state index in [-0.39, 0.29) is 12.4 Å². The molecule has 0 unspecified atom stereocenters. The van der Waals surface area contributed by atoms with Gasteiger partial charge in [-0.25, -0.2) is 0 Å². The van der Waals surface area contributed by atoms with Crippen molar-refractivity contribution < 1.29 is 11.7 Å². The molecule has 0 rings (SSSR count). The number of halogens is 3. The van der Waals surface area contributed by atoms with E-state index in [9.17, 15) is 11.7 Å². The van der Waals surface area contributed by atoms with Gasteiger partial charge in [-0.15, -0.1) is 11.7 Å². The van der Waals surface area contributed by atoms with Crippen LogP contribution in [0.25, 0.3) is 0 Å². The summed E-state index contributed by atoms with van der Waals surface area (Å²) in [6.45, 7) is 0. The van der Waals surface area contributed by atoms with Crippen LogP contribution in [0.15, 0.2) is 0 Å². The third-order valence-corrected chi connectivity index (χ3v) is 0. The Morgan fingerprint density at radius 1 is 1.17 bits per heavy atom. The molecule has 0 heterocycles. The van der Waals surface area contributed by atoms with Gasteiger partial charge in [0.2, 0.25) is 11.2 Å². The molecule has 3 N–H and O–H groups in total. The fourth-order valence-electron chi connectivity index (χ4n) is 0. The molecule has 0 aromatic carbocycles. The van der Waals surface area contributed by atoms with E-state index in [0.29, 0.717) is 0 Å². The minimum absolute atomic E-state index is 0. The van der Waals surface area contributed by atoms with Crippen LogP contribution in [0.5, 0.6) is 0 Å². The molecular weight excluding hydrogens is 115 g/mol. The predicted molar refractivity (Wildman–Crippen MR) is 21.9 cm³/mol. The highest BCUT2D eigenvalue weighted by atomic mass is 32.3. The Hall–Kier alpha value is 0.1000. The van der Waals surface area contributed by atoms with Gasteiger partial charge >= 0.3 is 0 Å². The zero-order chi connectivity index (χ0) is 4.50. The van der Waals surface area contributed by atoms with Crippen molar-refractivity contribution in [2.24, 2.45) is 0 Å². The third-order valence-electron chi connectivity index (χ3n) is 0. The maximum absolute atomic E-state index is 10.4. The summed E-state index contributed by atoms with van der Waals surface area (Å²) in [5.74, 6) is 0. The second-order valence-corrected chi connectivity index (χ2v) is 1.91. The van der Waals surface area contributed by atoms with Gasteiger partial charge in [-0.3, -0.25) is 0 Å². The normalized spacial score (nSPS) is 12.7. The van der Waals surface area contributed by atoms with E-state index in [1.807, 2.05) is 0 Å². The maximum atomic E-state index is 10.4. The summed E-state index contributed by atoms with van der Waals surface area (Å²) in [6, 6.07) is 0. The molecule has 0 atom stereocenters. The monoisotopic (exact) mass is 121 g/mol. The molecule has 0 aliphatic heterocycles. The topological polar surface area (TPSA) is 35.0 Å². The molecule has 0 spiro atoms. The average Bonchev–Trinajstić information content (AvgIpc) is 0.722. The molecule has 0 aliphatic rings. The smallest absolute Gasteiger partial charge is 0.206 e. The molecule has 6 heavy (non-hydrogen) atoms. The quantitative estimate of drug-likeness (QED) is 0.524. The molecular formula is CH6F3NS. The van der Waals surface area contributed by atoms with Crippen molar-refractivity contribution in [1.29, 1.82) is 0 Å². The lowest BCUT2D eigenvalue weighted by atomic mass is 12.0. The molecule has 1 nitrogen and oxygen atoms in total. The zero-order valence-corrected chi connectivity index (χ0v) is 4.07. The molecule has 0 aromatic rings. The molecule has 0 saturated carbocycles.